The number of primary amides is 1. The highest BCUT2D eigenvalue weighted by Gasteiger charge is 2.47. The number of hydrogen-bond donors (Lipinski definition) is 7. The lowest BCUT2D eigenvalue weighted by Gasteiger charge is -2.44. The van der Waals surface area contributed by atoms with E-state index in [9.17, 15) is 34.2 Å². The molecule has 1 aromatic carbocycles. The molecule has 2 rings (SSSR count). The number of ether oxygens (including phenoxy) is 3. The van der Waals surface area contributed by atoms with Gasteiger partial charge >= 0.3 is 5.97 Å². The van der Waals surface area contributed by atoms with Crippen LogP contribution in [0.4, 0.5) is 0 Å². The van der Waals surface area contributed by atoms with E-state index in [1.54, 1.807) is 0 Å². The van der Waals surface area contributed by atoms with Gasteiger partial charge in [0, 0.05) is 13.3 Å². The lowest BCUT2D eigenvalue weighted by Crippen LogP contribution is -2.65. The van der Waals surface area contributed by atoms with E-state index in [1.165, 1.54) is 13.8 Å². The van der Waals surface area contributed by atoms with Crippen molar-refractivity contribution in [3.8, 4) is 0 Å². The Balaban J connectivity index is 2.04. The zero-order valence-corrected chi connectivity index (χ0v) is 22.1. The second kappa shape index (κ2) is 15.8. The molecule has 0 bridgehead atoms. The number of aliphatic carboxylic acids is 1. The Labute approximate surface area is 230 Å². The summed E-state index contributed by atoms with van der Waals surface area (Å²) in [5.74, 6) is -4.18. The fraction of sp³-hybridized carbons (Fsp3) is 0.560. The van der Waals surface area contributed by atoms with Gasteiger partial charge in [0.25, 0.3) is 0 Å². The van der Waals surface area contributed by atoms with Gasteiger partial charge in [0.15, 0.2) is 6.29 Å². The molecule has 0 radical (unpaired) electrons. The zero-order valence-electron chi connectivity index (χ0n) is 22.1. The Morgan fingerprint density at radius 1 is 1.10 bits per heavy atom. The quantitative estimate of drug-likeness (QED) is 0.117. The summed E-state index contributed by atoms with van der Waals surface area (Å²) in [7, 11) is 0. The number of aliphatic hydroxyl groups is 2. The van der Waals surface area contributed by atoms with E-state index in [1.807, 2.05) is 30.3 Å². The molecule has 0 spiro atoms. The van der Waals surface area contributed by atoms with E-state index < -0.39 is 92.0 Å². The molecular weight excluding hydrogens is 532 g/mol. The maximum atomic E-state index is 12.5. The highest BCUT2D eigenvalue weighted by atomic mass is 16.7. The standard InChI is InChI=1S/C25H36N4O11/c1-13(24(37)29-16(23(26)36)8-9-19(33)34)27-18(32)12-38-22-20(28-14(2)31)25(40-17(10-30)21(22)35)39-11-15-6-4-3-5-7-15/h3-7,13,16-17,20-22,25,30,35H,8-12H2,1-2H3,(H2,26,36)(H,27,32)(H,28,31)(H,29,37)(H,33,34)/t13?,16?,17-,20-,21-,22-,25+/m1/s1. The van der Waals surface area contributed by atoms with Crippen LogP contribution >= 0.6 is 0 Å². The van der Waals surface area contributed by atoms with E-state index >= 15 is 0 Å². The van der Waals surface area contributed by atoms with Crippen LogP contribution in [0.3, 0.4) is 0 Å². The Morgan fingerprint density at radius 3 is 2.35 bits per heavy atom. The maximum absolute atomic E-state index is 12.5. The summed E-state index contributed by atoms with van der Waals surface area (Å²) < 4.78 is 17.1. The topological polar surface area (TPSA) is 236 Å². The Kier molecular flexibility index (Phi) is 12.9. The number of carbonyl (C=O) groups is 5. The largest absolute Gasteiger partial charge is 0.481 e. The molecule has 1 saturated heterocycles. The second-order valence-electron chi connectivity index (χ2n) is 9.20. The second-order valence-corrected chi connectivity index (χ2v) is 9.20. The van der Waals surface area contributed by atoms with Crippen LogP contribution in [0, 0.1) is 0 Å². The summed E-state index contributed by atoms with van der Waals surface area (Å²) in [6.07, 6.45) is -5.65. The van der Waals surface area contributed by atoms with Crippen LogP contribution in [-0.4, -0.2) is 101 Å². The van der Waals surface area contributed by atoms with Gasteiger partial charge in [0.05, 0.1) is 13.2 Å². The molecule has 222 valence electrons. The summed E-state index contributed by atoms with van der Waals surface area (Å²) in [6, 6.07) is 5.57. The molecule has 15 heteroatoms. The molecule has 40 heavy (non-hydrogen) atoms. The van der Waals surface area contributed by atoms with Gasteiger partial charge in [-0.05, 0) is 18.9 Å². The molecule has 2 unspecified atom stereocenters. The van der Waals surface area contributed by atoms with Crippen molar-refractivity contribution < 1.29 is 53.5 Å². The van der Waals surface area contributed by atoms with Gasteiger partial charge in [-0.1, -0.05) is 30.3 Å². The third-order valence-corrected chi connectivity index (χ3v) is 5.97. The van der Waals surface area contributed by atoms with Crippen molar-refractivity contribution in [3.05, 3.63) is 35.9 Å². The van der Waals surface area contributed by atoms with Gasteiger partial charge in [0.2, 0.25) is 23.6 Å². The maximum Gasteiger partial charge on any atom is 0.303 e. The van der Waals surface area contributed by atoms with Crippen molar-refractivity contribution in [1.29, 1.82) is 0 Å². The Bertz CT molecular complexity index is 1030. The van der Waals surface area contributed by atoms with Crippen molar-refractivity contribution in [2.75, 3.05) is 13.2 Å². The van der Waals surface area contributed by atoms with Crippen LogP contribution in [0.2, 0.25) is 0 Å². The molecule has 1 fully saturated rings. The van der Waals surface area contributed by atoms with E-state index in [4.69, 9.17) is 25.1 Å². The molecule has 4 amide bonds. The normalized spacial score (nSPS) is 23.9. The van der Waals surface area contributed by atoms with Crippen LogP contribution in [0.15, 0.2) is 30.3 Å². The third kappa shape index (κ3) is 10.2. The number of carboxylic acid groups (broad SMARTS) is 1. The van der Waals surface area contributed by atoms with Crippen LogP contribution in [0.5, 0.6) is 0 Å². The lowest BCUT2D eigenvalue weighted by atomic mass is 9.96. The summed E-state index contributed by atoms with van der Waals surface area (Å²) in [6.45, 7) is 1.36. The predicted octanol–water partition coefficient (Wildman–Crippen LogP) is -2.49. The Morgan fingerprint density at radius 2 is 1.77 bits per heavy atom. The number of hydrogen-bond acceptors (Lipinski definition) is 10. The number of amides is 4. The number of rotatable bonds is 15. The number of nitrogens with one attached hydrogen (secondary N) is 3. The van der Waals surface area contributed by atoms with Crippen molar-refractivity contribution in [1.82, 2.24) is 16.0 Å². The molecule has 15 nitrogen and oxygen atoms in total. The van der Waals surface area contributed by atoms with Gasteiger partial charge in [-0.3, -0.25) is 24.0 Å². The van der Waals surface area contributed by atoms with Crippen molar-refractivity contribution in [2.24, 2.45) is 5.73 Å². The SMILES string of the molecule is CC(=O)N[C@H]1[C@@H](OCc2ccccc2)O[C@H](CO)[C@@H](O)[C@@H]1OCC(=O)NC(C)C(=O)NC(CCC(=O)O)C(N)=O. The van der Waals surface area contributed by atoms with Gasteiger partial charge in [-0.15, -0.1) is 0 Å². The Hall–Kier alpha value is -3.63. The molecule has 1 aliphatic heterocycles. The molecule has 0 aromatic heterocycles. The van der Waals surface area contributed by atoms with E-state index in [0.717, 1.165) is 5.56 Å². The van der Waals surface area contributed by atoms with Crippen molar-refractivity contribution >= 4 is 29.6 Å². The molecular formula is C25H36N4O11. The summed E-state index contributed by atoms with van der Waals surface area (Å²) in [5.41, 5.74) is 6.00. The van der Waals surface area contributed by atoms with Crippen LogP contribution in [0.1, 0.15) is 32.3 Å². The van der Waals surface area contributed by atoms with Crippen LogP contribution < -0.4 is 21.7 Å². The van der Waals surface area contributed by atoms with Crippen molar-refractivity contribution in [3.63, 3.8) is 0 Å². The average molecular weight is 569 g/mol. The average Bonchev–Trinajstić information content (AvgIpc) is 2.90. The molecule has 0 aliphatic carbocycles. The monoisotopic (exact) mass is 568 g/mol. The van der Waals surface area contributed by atoms with Crippen LogP contribution in [0.25, 0.3) is 0 Å². The zero-order chi connectivity index (χ0) is 29.8. The van der Waals surface area contributed by atoms with Crippen LogP contribution in [-0.2, 0) is 44.8 Å². The molecule has 7 atom stereocenters. The molecule has 1 heterocycles. The summed E-state index contributed by atoms with van der Waals surface area (Å²) >= 11 is 0. The van der Waals surface area contributed by atoms with Crippen molar-refractivity contribution in [2.45, 2.75) is 76.0 Å². The first-order chi connectivity index (χ1) is 18.9. The number of nitrogens with two attached hydrogens (primary N) is 1. The van der Waals surface area contributed by atoms with Gasteiger partial charge in [0.1, 0.15) is 43.0 Å². The smallest absolute Gasteiger partial charge is 0.303 e. The predicted molar refractivity (Wildman–Crippen MR) is 136 cm³/mol. The summed E-state index contributed by atoms with van der Waals surface area (Å²) in [5, 5.41) is 36.5. The minimum atomic E-state index is -1.46. The van der Waals surface area contributed by atoms with Gasteiger partial charge in [-0.2, -0.15) is 0 Å². The number of aliphatic hydroxyl groups excluding tert-OH is 2. The molecule has 0 saturated carbocycles. The van der Waals surface area contributed by atoms with Gasteiger partial charge in [-0.25, -0.2) is 0 Å². The third-order valence-electron chi connectivity index (χ3n) is 5.97. The fourth-order valence-corrected chi connectivity index (χ4v) is 3.92. The minimum absolute atomic E-state index is 0.0778. The summed E-state index contributed by atoms with van der Waals surface area (Å²) in [4.78, 5) is 59.2. The highest BCUT2D eigenvalue weighted by Crippen LogP contribution is 2.25. The van der Waals surface area contributed by atoms with E-state index in [-0.39, 0.29) is 13.0 Å². The first-order valence-corrected chi connectivity index (χ1v) is 12.5. The molecule has 1 aromatic rings. The number of carbonyl (C=O) groups excluding carboxylic acids is 4. The van der Waals surface area contributed by atoms with E-state index in [2.05, 4.69) is 16.0 Å². The number of carboxylic acids is 1. The minimum Gasteiger partial charge on any atom is -0.481 e. The van der Waals surface area contributed by atoms with E-state index in [0.29, 0.717) is 0 Å². The first-order valence-electron chi connectivity index (χ1n) is 12.5. The highest BCUT2D eigenvalue weighted by molar-refractivity contribution is 5.91. The molecule has 1 aliphatic rings. The lowest BCUT2D eigenvalue weighted by molar-refractivity contribution is -0.279. The fourth-order valence-electron chi connectivity index (χ4n) is 3.92. The first kappa shape index (κ1) is 32.6. The molecule has 8 N–H and O–H groups in total. The number of benzene rings is 1. The van der Waals surface area contributed by atoms with Gasteiger partial charge < -0.3 is 51.2 Å².